The average Bonchev–Trinajstić information content (AvgIpc) is 3.05. The lowest BCUT2D eigenvalue weighted by atomic mass is 10.1. The van der Waals surface area contributed by atoms with E-state index in [9.17, 15) is 4.79 Å². The molecule has 2 heterocycles. The van der Waals surface area contributed by atoms with E-state index in [4.69, 9.17) is 0 Å². The van der Waals surface area contributed by atoms with Crippen molar-refractivity contribution in [2.45, 2.75) is 23.0 Å². The predicted octanol–water partition coefficient (Wildman–Crippen LogP) is 1.19. The summed E-state index contributed by atoms with van der Waals surface area (Å²) in [5.74, 6) is 0.987. The van der Waals surface area contributed by atoms with Crippen molar-refractivity contribution < 1.29 is 4.79 Å². The van der Waals surface area contributed by atoms with Gasteiger partial charge in [0.1, 0.15) is 12.2 Å². The fourth-order valence-electron chi connectivity index (χ4n) is 2.29. The Morgan fingerprint density at radius 2 is 2.35 bits per heavy atom. The lowest BCUT2D eigenvalue weighted by Crippen LogP contribution is -2.34. The Kier molecular flexibility index (Phi) is 3.73. The summed E-state index contributed by atoms with van der Waals surface area (Å²) in [5, 5.41) is 6.98. The molecule has 0 fully saturated rings. The Morgan fingerprint density at radius 1 is 1.50 bits per heavy atom. The van der Waals surface area contributed by atoms with E-state index in [2.05, 4.69) is 27.5 Å². The van der Waals surface area contributed by atoms with E-state index in [0.717, 1.165) is 12.2 Å². The molecule has 1 atom stereocenters. The van der Waals surface area contributed by atoms with E-state index in [-0.39, 0.29) is 11.2 Å². The molecule has 20 heavy (non-hydrogen) atoms. The van der Waals surface area contributed by atoms with E-state index in [1.807, 2.05) is 19.2 Å². The molecule has 2 aromatic rings. The van der Waals surface area contributed by atoms with Crippen molar-refractivity contribution in [2.24, 2.45) is 7.05 Å². The van der Waals surface area contributed by atoms with Gasteiger partial charge < -0.3 is 5.32 Å². The minimum absolute atomic E-state index is 0.00750. The molecule has 0 radical (unpaired) electrons. The number of rotatable bonds is 4. The number of nitrogens with zero attached hydrogens (tertiary/aromatic N) is 3. The maximum Gasteiger partial charge on any atom is 0.233 e. The predicted molar refractivity (Wildman–Crippen MR) is 77.5 cm³/mol. The number of carbonyl (C=O) groups excluding carboxylic acids is 1. The van der Waals surface area contributed by atoms with Gasteiger partial charge in [-0.25, -0.2) is 4.98 Å². The van der Waals surface area contributed by atoms with Crippen molar-refractivity contribution in [3.8, 4) is 0 Å². The summed E-state index contributed by atoms with van der Waals surface area (Å²) >= 11 is 1.65. The molecule has 0 spiro atoms. The maximum absolute atomic E-state index is 12.2. The van der Waals surface area contributed by atoms with Crippen molar-refractivity contribution in [1.29, 1.82) is 0 Å². The first kappa shape index (κ1) is 13.2. The van der Waals surface area contributed by atoms with Crippen molar-refractivity contribution in [2.75, 3.05) is 6.54 Å². The topological polar surface area (TPSA) is 59.8 Å². The Labute approximate surface area is 121 Å². The number of nitrogens with one attached hydrogen (secondary N) is 1. The number of hydrogen-bond acceptors (Lipinski definition) is 4. The Bertz CT molecular complexity index is 600. The zero-order chi connectivity index (χ0) is 13.9. The van der Waals surface area contributed by atoms with Crippen LogP contribution in [0.25, 0.3) is 0 Å². The third-order valence-corrected chi connectivity index (χ3v) is 4.71. The van der Waals surface area contributed by atoms with E-state index in [1.165, 1.54) is 16.8 Å². The highest BCUT2D eigenvalue weighted by molar-refractivity contribution is 8.01. The van der Waals surface area contributed by atoms with Gasteiger partial charge in [-0.2, -0.15) is 5.10 Å². The number of thioether (sulfide) groups is 1. The van der Waals surface area contributed by atoms with Crippen LogP contribution in [0.1, 0.15) is 11.4 Å². The second-order valence-electron chi connectivity index (χ2n) is 4.76. The minimum atomic E-state index is -0.00750. The molecule has 3 rings (SSSR count). The Balaban J connectivity index is 1.50. The second kappa shape index (κ2) is 5.66. The van der Waals surface area contributed by atoms with Crippen LogP contribution in [0.2, 0.25) is 0 Å². The number of amides is 1. The van der Waals surface area contributed by atoms with Crippen LogP contribution in [0.15, 0.2) is 35.5 Å². The lowest BCUT2D eigenvalue weighted by molar-refractivity contribution is -0.120. The molecule has 1 amide bonds. The maximum atomic E-state index is 12.2. The summed E-state index contributed by atoms with van der Waals surface area (Å²) in [6.07, 6.45) is 3.05. The third-order valence-electron chi connectivity index (χ3n) is 3.39. The number of fused-ring (bicyclic) bond motifs is 1. The van der Waals surface area contributed by atoms with Gasteiger partial charge in [0.15, 0.2) is 0 Å². The van der Waals surface area contributed by atoms with Crippen molar-refractivity contribution in [1.82, 2.24) is 20.1 Å². The van der Waals surface area contributed by atoms with Gasteiger partial charge in [-0.05, 0) is 18.1 Å². The smallest absolute Gasteiger partial charge is 0.233 e. The molecule has 1 aliphatic rings. The largest absolute Gasteiger partial charge is 0.355 e. The van der Waals surface area contributed by atoms with Crippen LogP contribution in [0.4, 0.5) is 0 Å². The average molecular weight is 288 g/mol. The zero-order valence-electron chi connectivity index (χ0n) is 11.2. The first-order valence-corrected chi connectivity index (χ1v) is 7.47. The molecule has 0 bridgehead atoms. The lowest BCUT2D eigenvalue weighted by Gasteiger charge is -2.09. The number of aromatic nitrogens is 3. The highest BCUT2D eigenvalue weighted by Gasteiger charge is 2.27. The van der Waals surface area contributed by atoms with Crippen molar-refractivity contribution in [3.63, 3.8) is 0 Å². The molecule has 1 aromatic heterocycles. The fourth-order valence-corrected chi connectivity index (χ4v) is 3.51. The number of benzene rings is 1. The summed E-state index contributed by atoms with van der Waals surface area (Å²) in [5.41, 5.74) is 1.27. The van der Waals surface area contributed by atoms with Crippen molar-refractivity contribution >= 4 is 17.7 Å². The highest BCUT2D eigenvalue weighted by atomic mass is 32.2. The molecular formula is C14H16N4OS. The normalized spacial score (nSPS) is 16.9. The zero-order valence-corrected chi connectivity index (χ0v) is 12.1. The molecule has 1 N–H and O–H groups in total. The first-order chi connectivity index (χ1) is 9.74. The highest BCUT2D eigenvalue weighted by Crippen LogP contribution is 2.36. The van der Waals surface area contributed by atoms with E-state index in [1.54, 1.807) is 16.4 Å². The van der Waals surface area contributed by atoms with E-state index in [0.29, 0.717) is 13.0 Å². The van der Waals surface area contributed by atoms with Crippen LogP contribution in [0.5, 0.6) is 0 Å². The van der Waals surface area contributed by atoms with Crippen molar-refractivity contribution in [3.05, 3.63) is 42.0 Å². The SMILES string of the molecule is Cn1ncnc1CCNC(=O)[C@@H]1Cc2ccccc2S1. The molecule has 1 aliphatic heterocycles. The first-order valence-electron chi connectivity index (χ1n) is 6.59. The van der Waals surface area contributed by atoms with Gasteiger partial charge in [-0.3, -0.25) is 9.48 Å². The Morgan fingerprint density at radius 3 is 3.10 bits per heavy atom. The van der Waals surface area contributed by atoms with Gasteiger partial charge in [-0.1, -0.05) is 18.2 Å². The van der Waals surface area contributed by atoms with Gasteiger partial charge in [0, 0.05) is 24.9 Å². The summed E-state index contributed by atoms with van der Waals surface area (Å²) in [6, 6.07) is 8.20. The molecule has 0 saturated carbocycles. The van der Waals surface area contributed by atoms with Gasteiger partial charge in [0.05, 0.1) is 5.25 Å². The fraction of sp³-hybridized carbons (Fsp3) is 0.357. The molecule has 0 aliphatic carbocycles. The summed E-state index contributed by atoms with van der Waals surface area (Å²) in [4.78, 5) is 17.5. The van der Waals surface area contributed by atoms with Crippen LogP contribution < -0.4 is 5.32 Å². The second-order valence-corrected chi connectivity index (χ2v) is 6.00. The van der Waals surface area contributed by atoms with Crippen LogP contribution >= 0.6 is 11.8 Å². The molecule has 1 aromatic carbocycles. The van der Waals surface area contributed by atoms with E-state index < -0.39 is 0 Å². The molecule has 104 valence electrons. The van der Waals surface area contributed by atoms with Gasteiger partial charge in [0.25, 0.3) is 0 Å². The summed E-state index contributed by atoms with van der Waals surface area (Å²) < 4.78 is 1.73. The minimum Gasteiger partial charge on any atom is -0.355 e. The number of aryl methyl sites for hydroxylation is 1. The molecular weight excluding hydrogens is 272 g/mol. The Hall–Kier alpha value is -1.82. The van der Waals surface area contributed by atoms with Gasteiger partial charge in [0.2, 0.25) is 5.91 Å². The van der Waals surface area contributed by atoms with Crippen LogP contribution in [-0.2, 0) is 24.7 Å². The summed E-state index contributed by atoms with van der Waals surface area (Å²) in [7, 11) is 1.85. The van der Waals surface area contributed by atoms with Crippen LogP contribution in [0.3, 0.4) is 0 Å². The molecule has 5 nitrogen and oxygen atoms in total. The third kappa shape index (κ3) is 2.70. The van der Waals surface area contributed by atoms with Crippen LogP contribution in [0, 0.1) is 0 Å². The van der Waals surface area contributed by atoms with Gasteiger partial charge in [-0.15, -0.1) is 11.8 Å². The summed E-state index contributed by atoms with van der Waals surface area (Å²) in [6.45, 7) is 0.596. The number of hydrogen-bond donors (Lipinski definition) is 1. The van der Waals surface area contributed by atoms with E-state index >= 15 is 0 Å². The number of carbonyl (C=O) groups is 1. The van der Waals surface area contributed by atoms with Gasteiger partial charge >= 0.3 is 0 Å². The molecule has 0 unspecified atom stereocenters. The molecule has 0 saturated heterocycles. The van der Waals surface area contributed by atoms with Crippen LogP contribution in [-0.4, -0.2) is 32.5 Å². The quantitative estimate of drug-likeness (QED) is 0.918. The monoisotopic (exact) mass is 288 g/mol. The molecule has 6 heteroatoms. The standard InChI is InChI=1S/C14H16N4OS/c1-18-13(16-9-17-18)6-7-15-14(19)12-8-10-4-2-3-5-11(10)20-12/h2-5,9,12H,6-8H2,1H3,(H,15,19)/t12-/m0/s1.